The third kappa shape index (κ3) is 3.59. The van der Waals surface area contributed by atoms with Gasteiger partial charge in [-0.1, -0.05) is 6.92 Å². The number of alkyl halides is 2. The maximum atomic E-state index is 14.1. The van der Waals surface area contributed by atoms with Crippen molar-refractivity contribution in [2.24, 2.45) is 0 Å². The van der Waals surface area contributed by atoms with E-state index in [0.29, 0.717) is 23.5 Å². The maximum Gasteiger partial charge on any atom is 0.250 e. The van der Waals surface area contributed by atoms with Crippen molar-refractivity contribution < 1.29 is 22.4 Å². The van der Waals surface area contributed by atoms with E-state index in [-0.39, 0.29) is 36.9 Å². The van der Waals surface area contributed by atoms with Gasteiger partial charge in [-0.2, -0.15) is 4.98 Å². The molecule has 3 heterocycles. The molecule has 11 heteroatoms. The molecule has 34 heavy (non-hydrogen) atoms. The van der Waals surface area contributed by atoms with Crippen LogP contribution in [0.25, 0.3) is 17.3 Å². The Morgan fingerprint density at radius 2 is 1.97 bits per heavy atom. The summed E-state index contributed by atoms with van der Waals surface area (Å²) in [5.74, 6) is -4.16. The van der Waals surface area contributed by atoms with E-state index in [4.69, 9.17) is 0 Å². The van der Waals surface area contributed by atoms with Gasteiger partial charge in [-0.3, -0.25) is 9.36 Å². The first-order chi connectivity index (χ1) is 16.2. The third-order valence-corrected chi connectivity index (χ3v) is 6.49. The predicted molar refractivity (Wildman–Crippen MR) is 117 cm³/mol. The smallest absolute Gasteiger partial charge is 0.250 e. The molecule has 0 bridgehead atoms. The molecule has 1 amide bonds. The van der Waals surface area contributed by atoms with Gasteiger partial charge in [-0.05, 0) is 31.0 Å². The van der Waals surface area contributed by atoms with E-state index in [9.17, 15) is 22.4 Å². The molecule has 0 saturated heterocycles. The number of fused-ring (bicyclic) bond motifs is 1. The van der Waals surface area contributed by atoms with E-state index < -0.39 is 29.6 Å². The highest BCUT2D eigenvalue weighted by molar-refractivity contribution is 6.04. The van der Waals surface area contributed by atoms with Crippen molar-refractivity contribution in [3.8, 4) is 17.3 Å². The average molecular weight is 474 g/mol. The molecule has 0 N–H and O–H groups in total. The van der Waals surface area contributed by atoms with Gasteiger partial charge in [0.1, 0.15) is 17.6 Å². The first-order valence-electron chi connectivity index (χ1n) is 11.0. The van der Waals surface area contributed by atoms with Gasteiger partial charge in [0.15, 0.2) is 17.5 Å². The Kier molecular flexibility index (Phi) is 5.29. The molecule has 1 unspecified atom stereocenters. The van der Waals surface area contributed by atoms with Crippen molar-refractivity contribution in [2.45, 2.75) is 50.6 Å². The van der Waals surface area contributed by atoms with Crippen LogP contribution in [-0.2, 0) is 4.79 Å². The van der Waals surface area contributed by atoms with Gasteiger partial charge in [0.2, 0.25) is 17.8 Å². The van der Waals surface area contributed by atoms with Gasteiger partial charge in [0, 0.05) is 43.9 Å². The number of likely N-dealkylation sites (N-methyl/N-ethyl adjacent to an activating group) is 1. The zero-order chi connectivity index (χ0) is 24.2. The van der Waals surface area contributed by atoms with Crippen molar-refractivity contribution in [3.63, 3.8) is 0 Å². The molecule has 1 aliphatic heterocycles. The largest absolute Gasteiger partial charge is 0.339 e. The van der Waals surface area contributed by atoms with Crippen molar-refractivity contribution in [1.29, 1.82) is 0 Å². The summed E-state index contributed by atoms with van der Waals surface area (Å²) in [6, 6.07) is 2.24. The number of aromatic nitrogens is 4. The van der Waals surface area contributed by atoms with E-state index in [1.807, 2.05) is 6.92 Å². The molecule has 3 aromatic rings. The molecule has 178 valence electrons. The molecule has 5 rings (SSSR count). The number of benzene rings is 1. The number of rotatable bonds is 4. The second kappa shape index (κ2) is 8.07. The minimum absolute atomic E-state index is 0.170. The van der Waals surface area contributed by atoms with Gasteiger partial charge >= 0.3 is 0 Å². The molecule has 2 aliphatic rings. The summed E-state index contributed by atoms with van der Waals surface area (Å²) in [5.41, 5.74) is 0.736. The van der Waals surface area contributed by atoms with E-state index in [1.165, 1.54) is 27.9 Å². The van der Waals surface area contributed by atoms with Crippen LogP contribution in [0.5, 0.6) is 0 Å². The zero-order valence-corrected chi connectivity index (χ0v) is 18.6. The number of hydrogen-bond acceptors (Lipinski definition) is 5. The molecule has 1 saturated carbocycles. The van der Waals surface area contributed by atoms with Crippen LogP contribution < -0.4 is 9.80 Å². The van der Waals surface area contributed by atoms with E-state index in [2.05, 4.69) is 15.0 Å². The molecular formula is C23H22F4N6O. The second-order valence-electron chi connectivity index (χ2n) is 8.61. The van der Waals surface area contributed by atoms with Crippen LogP contribution in [0.2, 0.25) is 0 Å². The lowest BCUT2D eigenvalue weighted by Crippen LogP contribution is -2.56. The highest BCUT2D eigenvalue weighted by atomic mass is 19.3. The molecule has 1 aliphatic carbocycles. The monoisotopic (exact) mass is 474 g/mol. The van der Waals surface area contributed by atoms with Crippen molar-refractivity contribution in [3.05, 3.63) is 48.4 Å². The fourth-order valence-corrected chi connectivity index (χ4v) is 4.79. The van der Waals surface area contributed by atoms with Crippen LogP contribution in [0.1, 0.15) is 32.6 Å². The first-order valence-corrected chi connectivity index (χ1v) is 11.0. The summed E-state index contributed by atoms with van der Waals surface area (Å²) in [6.45, 7) is 1.83. The Bertz CT molecular complexity index is 1260. The normalized spacial score (nSPS) is 21.8. The van der Waals surface area contributed by atoms with Gasteiger partial charge in [-0.25, -0.2) is 27.5 Å². The molecule has 7 nitrogen and oxygen atoms in total. The maximum absolute atomic E-state index is 14.1. The Labute approximate surface area is 193 Å². The van der Waals surface area contributed by atoms with Gasteiger partial charge < -0.3 is 9.80 Å². The number of amides is 1. The molecular weight excluding hydrogens is 452 g/mol. The second-order valence-corrected chi connectivity index (χ2v) is 8.61. The fourth-order valence-electron chi connectivity index (χ4n) is 4.79. The van der Waals surface area contributed by atoms with Crippen LogP contribution in [0.3, 0.4) is 0 Å². The lowest BCUT2D eigenvalue weighted by atomic mass is 10.0. The van der Waals surface area contributed by atoms with E-state index >= 15 is 0 Å². The van der Waals surface area contributed by atoms with Crippen LogP contribution in [0.15, 0.2) is 36.8 Å². The Morgan fingerprint density at radius 3 is 2.65 bits per heavy atom. The highest BCUT2D eigenvalue weighted by Gasteiger charge is 2.48. The van der Waals surface area contributed by atoms with Gasteiger partial charge in [0.25, 0.3) is 0 Å². The molecule has 1 aromatic carbocycles. The standard InChI is InChI=1S/C23H22F4N6O/c1-3-17-21(34)31(2)18-12-29-22(30-20(18)33(17)14-6-7-23(26,27)11-14)32-9-8-28-19(32)13-4-5-15(24)16(25)10-13/h4-5,8-10,12,14,17H,3,6-7,11H2,1-2H3/t14?,17-/m1/s1. The molecule has 0 radical (unpaired) electrons. The first kappa shape index (κ1) is 22.3. The van der Waals surface area contributed by atoms with E-state index in [1.54, 1.807) is 18.1 Å². The number of nitrogens with zero attached hydrogens (tertiary/aromatic N) is 6. The number of carbonyl (C=O) groups is 1. The predicted octanol–water partition coefficient (Wildman–Crippen LogP) is 4.36. The highest BCUT2D eigenvalue weighted by Crippen LogP contribution is 2.44. The molecule has 2 aromatic heterocycles. The van der Waals surface area contributed by atoms with Crippen LogP contribution in [0, 0.1) is 11.6 Å². The summed E-state index contributed by atoms with van der Waals surface area (Å²) in [5, 5.41) is 0. The summed E-state index contributed by atoms with van der Waals surface area (Å²) < 4.78 is 57.0. The lowest BCUT2D eigenvalue weighted by molar-refractivity contribution is -0.120. The van der Waals surface area contributed by atoms with Crippen LogP contribution >= 0.6 is 0 Å². The summed E-state index contributed by atoms with van der Waals surface area (Å²) in [6.07, 6.45) is 4.57. The number of imidazole rings is 1. The Balaban J connectivity index is 1.62. The SMILES string of the molecule is CC[C@@H]1C(=O)N(C)c2cnc(-n3ccnc3-c3ccc(F)c(F)c3)nc2N1C1CCC(F)(F)C1. The number of halogens is 4. The topological polar surface area (TPSA) is 67.2 Å². The van der Waals surface area contributed by atoms with Crippen LogP contribution in [-0.4, -0.2) is 50.5 Å². The van der Waals surface area contributed by atoms with E-state index in [0.717, 1.165) is 12.1 Å². The van der Waals surface area contributed by atoms with Gasteiger partial charge in [-0.15, -0.1) is 0 Å². The quantitative estimate of drug-likeness (QED) is 0.526. The van der Waals surface area contributed by atoms with Crippen molar-refractivity contribution in [1.82, 2.24) is 19.5 Å². The summed E-state index contributed by atoms with van der Waals surface area (Å²) in [7, 11) is 1.61. The Morgan fingerprint density at radius 1 is 1.18 bits per heavy atom. The fraction of sp³-hybridized carbons (Fsp3) is 0.391. The van der Waals surface area contributed by atoms with Crippen LogP contribution in [0.4, 0.5) is 29.1 Å². The third-order valence-electron chi connectivity index (χ3n) is 6.49. The minimum atomic E-state index is -2.80. The number of hydrogen-bond donors (Lipinski definition) is 0. The Hall–Kier alpha value is -3.50. The molecule has 1 fully saturated rings. The zero-order valence-electron chi connectivity index (χ0n) is 18.6. The number of carbonyl (C=O) groups excluding carboxylic acids is 1. The summed E-state index contributed by atoms with van der Waals surface area (Å²) in [4.78, 5) is 29.4. The number of anilines is 2. The lowest BCUT2D eigenvalue weighted by Gasteiger charge is -2.43. The average Bonchev–Trinajstić information content (AvgIpc) is 3.44. The van der Waals surface area contributed by atoms with Crippen molar-refractivity contribution >= 4 is 17.4 Å². The van der Waals surface area contributed by atoms with Gasteiger partial charge in [0.05, 0.1) is 6.20 Å². The van der Waals surface area contributed by atoms with Crippen molar-refractivity contribution in [2.75, 3.05) is 16.8 Å². The molecule has 0 spiro atoms. The minimum Gasteiger partial charge on any atom is -0.339 e. The summed E-state index contributed by atoms with van der Waals surface area (Å²) >= 11 is 0. The molecule has 2 atom stereocenters.